The van der Waals surface area contributed by atoms with Gasteiger partial charge in [-0.1, -0.05) is 0 Å². The van der Waals surface area contributed by atoms with Crippen molar-refractivity contribution in [2.45, 2.75) is 25.5 Å². The highest BCUT2D eigenvalue weighted by atomic mass is 32.2. The molecule has 0 bridgehead atoms. The molecule has 5 nitrogen and oxygen atoms in total. The largest absolute Gasteiger partial charge is 0.377 e. The van der Waals surface area contributed by atoms with Crippen molar-refractivity contribution in [3.63, 3.8) is 0 Å². The van der Waals surface area contributed by atoms with Crippen LogP contribution in [-0.2, 0) is 14.9 Å². The van der Waals surface area contributed by atoms with Gasteiger partial charge in [0.2, 0.25) is 0 Å². The molecule has 2 atom stereocenters. The van der Waals surface area contributed by atoms with Crippen LogP contribution in [-0.4, -0.2) is 45.6 Å². The van der Waals surface area contributed by atoms with Gasteiger partial charge in [-0.15, -0.1) is 0 Å². The molecule has 78 valence electrons. The normalized spacial score (nSPS) is 29.8. The Kier molecular flexibility index (Phi) is 3.28. The number of ether oxygens (including phenoxy) is 1. The lowest BCUT2D eigenvalue weighted by molar-refractivity contribution is 0.116. The quantitative estimate of drug-likeness (QED) is 0.684. The fourth-order valence-electron chi connectivity index (χ4n) is 1.18. The minimum absolute atomic E-state index is 0.0327. The lowest BCUT2D eigenvalue weighted by Crippen LogP contribution is -2.44. The molecule has 0 aromatic carbocycles. The zero-order valence-corrected chi connectivity index (χ0v) is 8.97. The van der Waals surface area contributed by atoms with E-state index in [1.807, 2.05) is 6.92 Å². The molecule has 1 saturated heterocycles. The summed E-state index contributed by atoms with van der Waals surface area (Å²) in [5, 5.41) is 0. The van der Waals surface area contributed by atoms with Crippen molar-refractivity contribution in [1.82, 2.24) is 9.03 Å². The van der Waals surface area contributed by atoms with Crippen molar-refractivity contribution >= 4 is 10.2 Å². The zero-order valence-electron chi connectivity index (χ0n) is 8.15. The van der Waals surface area contributed by atoms with Crippen LogP contribution in [0, 0.1) is 0 Å². The first-order valence-corrected chi connectivity index (χ1v) is 5.69. The Morgan fingerprint density at radius 2 is 2.08 bits per heavy atom. The molecular weight excluding hydrogens is 192 g/mol. The van der Waals surface area contributed by atoms with Gasteiger partial charge in [0.15, 0.2) is 0 Å². The van der Waals surface area contributed by atoms with E-state index in [1.165, 1.54) is 14.1 Å². The van der Waals surface area contributed by atoms with Gasteiger partial charge in [-0.05, 0) is 13.3 Å². The molecule has 1 heterocycles. The lowest BCUT2D eigenvalue weighted by Gasteiger charge is -2.19. The first-order chi connectivity index (χ1) is 5.93. The number of nitrogens with zero attached hydrogens (tertiary/aromatic N) is 1. The fraction of sp³-hybridized carbons (Fsp3) is 1.00. The summed E-state index contributed by atoms with van der Waals surface area (Å²) in [6.07, 6.45) is 0.712. The zero-order chi connectivity index (χ0) is 10.1. The molecule has 1 N–H and O–H groups in total. The van der Waals surface area contributed by atoms with Crippen LogP contribution in [0.1, 0.15) is 13.3 Å². The summed E-state index contributed by atoms with van der Waals surface area (Å²) in [7, 11) is -0.306. The lowest BCUT2D eigenvalue weighted by atomic mass is 10.2. The topological polar surface area (TPSA) is 58.6 Å². The SMILES string of the molecule is CC1OCCC1NS(=O)(=O)N(C)C. The number of nitrogens with one attached hydrogen (secondary N) is 1. The van der Waals surface area contributed by atoms with Crippen molar-refractivity contribution < 1.29 is 13.2 Å². The highest BCUT2D eigenvalue weighted by Gasteiger charge is 2.28. The molecule has 0 radical (unpaired) electrons. The van der Waals surface area contributed by atoms with Crippen molar-refractivity contribution in [1.29, 1.82) is 0 Å². The third-order valence-corrected chi connectivity index (χ3v) is 3.72. The first-order valence-electron chi connectivity index (χ1n) is 4.25. The Morgan fingerprint density at radius 3 is 2.46 bits per heavy atom. The van der Waals surface area contributed by atoms with Crippen LogP contribution >= 0.6 is 0 Å². The van der Waals surface area contributed by atoms with Crippen LogP contribution in [0.3, 0.4) is 0 Å². The van der Waals surface area contributed by atoms with Gasteiger partial charge in [0, 0.05) is 20.7 Å². The molecule has 0 amide bonds. The molecule has 1 aliphatic rings. The molecule has 1 fully saturated rings. The summed E-state index contributed by atoms with van der Waals surface area (Å²) in [5.74, 6) is 0. The van der Waals surface area contributed by atoms with E-state index in [0.29, 0.717) is 6.61 Å². The highest BCUT2D eigenvalue weighted by molar-refractivity contribution is 7.87. The van der Waals surface area contributed by atoms with Gasteiger partial charge in [-0.3, -0.25) is 0 Å². The van der Waals surface area contributed by atoms with Gasteiger partial charge in [0.25, 0.3) is 10.2 Å². The molecule has 0 aromatic rings. The van der Waals surface area contributed by atoms with E-state index < -0.39 is 10.2 Å². The Morgan fingerprint density at radius 1 is 1.46 bits per heavy atom. The van der Waals surface area contributed by atoms with Crippen LogP contribution in [0.4, 0.5) is 0 Å². The third kappa shape index (κ3) is 2.63. The van der Waals surface area contributed by atoms with Crippen LogP contribution in [0.5, 0.6) is 0 Å². The second-order valence-corrected chi connectivity index (χ2v) is 5.29. The molecule has 13 heavy (non-hydrogen) atoms. The molecule has 2 unspecified atom stereocenters. The molecule has 0 aromatic heterocycles. The van der Waals surface area contributed by atoms with Crippen LogP contribution in [0.25, 0.3) is 0 Å². The number of hydrogen-bond acceptors (Lipinski definition) is 3. The monoisotopic (exact) mass is 208 g/mol. The minimum atomic E-state index is -3.31. The van der Waals surface area contributed by atoms with E-state index in [0.717, 1.165) is 10.7 Å². The van der Waals surface area contributed by atoms with Gasteiger partial charge >= 0.3 is 0 Å². The number of hydrogen-bond donors (Lipinski definition) is 1. The standard InChI is InChI=1S/C7H16N2O3S/c1-6-7(4-5-12-6)8-13(10,11)9(2)3/h6-8H,4-5H2,1-3H3. The first kappa shape index (κ1) is 10.9. The van der Waals surface area contributed by atoms with Gasteiger partial charge in [0.1, 0.15) is 0 Å². The second-order valence-electron chi connectivity index (χ2n) is 3.38. The maximum absolute atomic E-state index is 11.4. The predicted octanol–water partition coefficient (Wildman–Crippen LogP) is -0.440. The number of rotatable bonds is 3. The van der Waals surface area contributed by atoms with E-state index in [9.17, 15) is 8.42 Å². The molecule has 0 spiro atoms. The average molecular weight is 208 g/mol. The fourth-order valence-corrected chi connectivity index (χ4v) is 2.09. The Bertz CT molecular complexity index is 263. The molecule has 1 aliphatic heterocycles. The summed E-state index contributed by atoms with van der Waals surface area (Å²) in [6.45, 7) is 2.50. The summed E-state index contributed by atoms with van der Waals surface area (Å²) in [5.41, 5.74) is 0. The van der Waals surface area contributed by atoms with E-state index >= 15 is 0 Å². The minimum Gasteiger partial charge on any atom is -0.377 e. The van der Waals surface area contributed by atoms with Crippen LogP contribution in [0.2, 0.25) is 0 Å². The van der Waals surface area contributed by atoms with Crippen molar-refractivity contribution in [2.75, 3.05) is 20.7 Å². The van der Waals surface area contributed by atoms with Crippen molar-refractivity contribution in [2.24, 2.45) is 0 Å². The van der Waals surface area contributed by atoms with Crippen LogP contribution in [0.15, 0.2) is 0 Å². The average Bonchev–Trinajstić information content (AvgIpc) is 2.35. The van der Waals surface area contributed by atoms with Gasteiger partial charge in [-0.25, -0.2) is 0 Å². The molecular formula is C7H16N2O3S. The highest BCUT2D eigenvalue weighted by Crippen LogP contribution is 2.13. The summed E-state index contributed by atoms with van der Waals surface area (Å²) in [6, 6.07) is -0.0904. The molecule has 0 saturated carbocycles. The molecule has 0 aliphatic carbocycles. The third-order valence-electron chi connectivity index (χ3n) is 2.16. The van der Waals surface area contributed by atoms with Gasteiger partial charge < -0.3 is 4.74 Å². The van der Waals surface area contributed by atoms with Gasteiger partial charge in [0.05, 0.1) is 12.1 Å². The van der Waals surface area contributed by atoms with Crippen LogP contribution < -0.4 is 4.72 Å². The molecule has 1 rings (SSSR count). The predicted molar refractivity (Wildman–Crippen MR) is 49.6 cm³/mol. The summed E-state index contributed by atoms with van der Waals surface area (Å²) >= 11 is 0. The maximum Gasteiger partial charge on any atom is 0.279 e. The summed E-state index contributed by atoms with van der Waals surface area (Å²) < 4.78 is 31.8. The Balaban J connectivity index is 2.58. The van der Waals surface area contributed by atoms with Gasteiger partial charge in [-0.2, -0.15) is 17.4 Å². The summed E-state index contributed by atoms with van der Waals surface area (Å²) in [4.78, 5) is 0. The Hall–Kier alpha value is -0.170. The molecule has 6 heteroatoms. The van der Waals surface area contributed by atoms with E-state index in [-0.39, 0.29) is 12.1 Å². The van der Waals surface area contributed by atoms with Crippen molar-refractivity contribution in [3.05, 3.63) is 0 Å². The smallest absolute Gasteiger partial charge is 0.279 e. The van der Waals surface area contributed by atoms with E-state index in [1.54, 1.807) is 0 Å². The maximum atomic E-state index is 11.4. The van der Waals surface area contributed by atoms with E-state index in [2.05, 4.69) is 4.72 Å². The van der Waals surface area contributed by atoms with E-state index in [4.69, 9.17) is 4.74 Å². The van der Waals surface area contributed by atoms with Crippen molar-refractivity contribution in [3.8, 4) is 0 Å². The Labute approximate surface area is 79.2 Å². The second kappa shape index (κ2) is 3.91.